The first-order valence-electron chi connectivity index (χ1n) is 3.74. The van der Waals surface area contributed by atoms with Crippen molar-refractivity contribution in [3.63, 3.8) is 0 Å². The van der Waals surface area contributed by atoms with Gasteiger partial charge < -0.3 is 0 Å². The van der Waals surface area contributed by atoms with Crippen molar-refractivity contribution in [2.24, 2.45) is 0 Å². The number of carbonyl (C=O) groups is 1. The first-order chi connectivity index (χ1) is 5.29. The van der Waals surface area contributed by atoms with Crippen molar-refractivity contribution in [1.29, 1.82) is 0 Å². The lowest BCUT2D eigenvalue weighted by molar-refractivity contribution is 0.101. The Kier molecular flexibility index (Phi) is 1.31. The van der Waals surface area contributed by atoms with Gasteiger partial charge in [-0.25, -0.2) is 0 Å². The molecule has 0 heterocycles. The Morgan fingerprint density at radius 1 is 1.27 bits per heavy atom. The van der Waals surface area contributed by atoms with Crippen LogP contribution in [0.5, 0.6) is 0 Å². The van der Waals surface area contributed by atoms with Gasteiger partial charge in [0, 0.05) is 11.5 Å². The lowest BCUT2D eigenvalue weighted by Gasteiger charge is -1.92. The highest BCUT2D eigenvalue weighted by atomic mass is 16.1. The van der Waals surface area contributed by atoms with Crippen molar-refractivity contribution in [3.05, 3.63) is 41.3 Å². The number of benzene rings is 1. The van der Waals surface area contributed by atoms with Gasteiger partial charge in [-0.05, 0) is 12.0 Å². The molecule has 0 N–H and O–H groups in total. The first-order valence-corrected chi connectivity index (χ1v) is 3.74. The minimum atomic E-state index is 0.223. The normalized spacial score (nSPS) is 17.0. The molecule has 0 atom stereocenters. The Balaban J connectivity index is 2.55. The summed E-state index contributed by atoms with van der Waals surface area (Å²) in [6.07, 6.45) is 0.842. The maximum absolute atomic E-state index is 11.4. The number of rotatable bonds is 0. The minimum Gasteiger partial charge on any atom is -0.294 e. The summed E-state index contributed by atoms with van der Waals surface area (Å²) >= 11 is 0. The molecule has 0 amide bonds. The molecule has 0 bridgehead atoms. The zero-order chi connectivity index (χ0) is 7.84. The van der Waals surface area contributed by atoms with Gasteiger partial charge in [0.2, 0.25) is 0 Å². The van der Waals surface area contributed by atoms with Crippen molar-refractivity contribution < 1.29 is 4.79 Å². The van der Waals surface area contributed by atoms with Crippen LogP contribution in [0.1, 0.15) is 22.8 Å². The summed E-state index contributed by atoms with van der Waals surface area (Å²) in [5.41, 5.74) is 2.07. The number of ketones is 1. The second-order valence-corrected chi connectivity index (χ2v) is 2.94. The third-order valence-electron chi connectivity index (χ3n) is 2.11. The van der Waals surface area contributed by atoms with Crippen LogP contribution in [0.15, 0.2) is 24.3 Å². The van der Waals surface area contributed by atoms with Crippen molar-refractivity contribution in [1.82, 2.24) is 0 Å². The van der Waals surface area contributed by atoms with E-state index in [2.05, 4.69) is 0 Å². The van der Waals surface area contributed by atoms with Crippen LogP contribution in [0.4, 0.5) is 0 Å². The minimum absolute atomic E-state index is 0.223. The molecule has 0 fully saturated rings. The van der Waals surface area contributed by atoms with Gasteiger partial charge in [-0.1, -0.05) is 31.2 Å². The highest BCUT2D eigenvalue weighted by Gasteiger charge is 2.26. The van der Waals surface area contributed by atoms with Gasteiger partial charge in [-0.15, -0.1) is 0 Å². The van der Waals surface area contributed by atoms with E-state index in [1.165, 1.54) is 5.56 Å². The zero-order valence-electron chi connectivity index (χ0n) is 6.42. The Morgan fingerprint density at radius 2 is 2.00 bits per heavy atom. The average molecular weight is 145 g/mol. The van der Waals surface area contributed by atoms with Crippen LogP contribution >= 0.6 is 0 Å². The van der Waals surface area contributed by atoms with Gasteiger partial charge in [0.15, 0.2) is 5.78 Å². The summed E-state index contributed by atoms with van der Waals surface area (Å²) in [6, 6.07) is 7.80. The molecule has 0 aliphatic heterocycles. The third kappa shape index (κ3) is 0.881. The van der Waals surface area contributed by atoms with E-state index in [9.17, 15) is 4.79 Å². The number of carbonyl (C=O) groups excluding carboxylic acids is 1. The fourth-order valence-electron chi connectivity index (χ4n) is 1.49. The molecular weight excluding hydrogens is 136 g/mol. The van der Waals surface area contributed by atoms with Crippen molar-refractivity contribution in [3.8, 4) is 0 Å². The quantitative estimate of drug-likeness (QED) is 0.545. The summed E-state index contributed by atoms with van der Waals surface area (Å²) < 4.78 is 0. The molecule has 1 nitrogen and oxygen atoms in total. The van der Waals surface area contributed by atoms with Crippen LogP contribution in [-0.2, 0) is 6.42 Å². The maximum atomic E-state index is 11.4. The molecule has 1 aliphatic rings. The van der Waals surface area contributed by atoms with Gasteiger partial charge in [0.1, 0.15) is 0 Å². The second-order valence-electron chi connectivity index (χ2n) is 2.94. The van der Waals surface area contributed by atoms with Gasteiger partial charge in [0.25, 0.3) is 0 Å². The Hall–Kier alpha value is -1.11. The molecule has 0 saturated heterocycles. The summed E-state index contributed by atoms with van der Waals surface area (Å²) in [6.45, 7) is 1.91. The highest BCUT2D eigenvalue weighted by molar-refractivity contribution is 6.10. The van der Waals surface area contributed by atoms with E-state index >= 15 is 0 Å². The SMILES string of the molecule is C[C]1Cc2ccccc2C1=O. The molecule has 0 aromatic heterocycles. The number of hydrogen-bond donors (Lipinski definition) is 0. The van der Waals surface area contributed by atoms with Gasteiger partial charge in [-0.3, -0.25) is 4.79 Å². The van der Waals surface area contributed by atoms with Crippen LogP contribution in [0, 0.1) is 5.92 Å². The largest absolute Gasteiger partial charge is 0.294 e. The van der Waals surface area contributed by atoms with Gasteiger partial charge in [-0.2, -0.15) is 0 Å². The molecule has 0 saturated carbocycles. The lowest BCUT2D eigenvalue weighted by atomic mass is 10.1. The van der Waals surface area contributed by atoms with Crippen molar-refractivity contribution >= 4 is 5.78 Å². The molecule has 2 rings (SSSR count). The fourth-order valence-corrected chi connectivity index (χ4v) is 1.49. The molecule has 11 heavy (non-hydrogen) atoms. The van der Waals surface area contributed by atoms with Crippen LogP contribution < -0.4 is 0 Å². The zero-order valence-corrected chi connectivity index (χ0v) is 6.42. The number of fused-ring (bicyclic) bond motifs is 1. The van der Waals surface area contributed by atoms with Crippen LogP contribution in [-0.4, -0.2) is 5.78 Å². The average Bonchev–Trinajstić information content (AvgIpc) is 2.30. The number of hydrogen-bond acceptors (Lipinski definition) is 1. The predicted molar refractivity (Wildman–Crippen MR) is 43.4 cm³/mol. The summed E-state index contributed by atoms with van der Waals surface area (Å²) in [4.78, 5) is 11.4. The van der Waals surface area contributed by atoms with Crippen LogP contribution in [0.2, 0.25) is 0 Å². The predicted octanol–water partition coefficient (Wildman–Crippen LogP) is 2.02. The monoisotopic (exact) mass is 145 g/mol. The smallest absolute Gasteiger partial charge is 0.170 e. The Morgan fingerprint density at radius 3 is 2.73 bits per heavy atom. The third-order valence-corrected chi connectivity index (χ3v) is 2.11. The van der Waals surface area contributed by atoms with Gasteiger partial charge >= 0.3 is 0 Å². The molecule has 1 aromatic carbocycles. The topological polar surface area (TPSA) is 17.1 Å². The molecule has 0 unspecified atom stereocenters. The summed E-state index contributed by atoms with van der Waals surface area (Å²) in [7, 11) is 0. The van der Waals surface area contributed by atoms with Crippen molar-refractivity contribution in [2.75, 3.05) is 0 Å². The van der Waals surface area contributed by atoms with Crippen LogP contribution in [0.25, 0.3) is 0 Å². The highest BCUT2D eigenvalue weighted by Crippen LogP contribution is 2.26. The van der Waals surface area contributed by atoms with Crippen molar-refractivity contribution in [2.45, 2.75) is 13.3 Å². The van der Waals surface area contributed by atoms with E-state index in [0.29, 0.717) is 0 Å². The molecule has 1 aliphatic carbocycles. The summed E-state index contributed by atoms with van der Waals surface area (Å²) in [5.74, 6) is 1.19. The molecule has 1 heteroatoms. The number of Topliss-reactive ketones (excluding diaryl/α,β-unsaturated/α-hetero) is 1. The molecule has 1 aromatic rings. The van der Waals surface area contributed by atoms with E-state index in [-0.39, 0.29) is 5.78 Å². The Labute approximate surface area is 66.0 Å². The molecule has 55 valence electrons. The lowest BCUT2D eigenvalue weighted by Crippen LogP contribution is -2.00. The standard InChI is InChI=1S/C10H9O/c1-7-6-8-4-2-3-5-9(8)10(7)11/h2-5H,6H2,1H3. The van der Waals surface area contributed by atoms with E-state index < -0.39 is 0 Å². The second kappa shape index (κ2) is 2.19. The van der Waals surface area contributed by atoms with Crippen LogP contribution in [0.3, 0.4) is 0 Å². The van der Waals surface area contributed by atoms with E-state index in [4.69, 9.17) is 0 Å². The molecule has 0 spiro atoms. The molecule has 1 radical (unpaired) electrons. The van der Waals surface area contributed by atoms with E-state index in [0.717, 1.165) is 17.9 Å². The first kappa shape index (κ1) is 6.59. The Bertz CT molecular complexity index is 301. The fraction of sp³-hybridized carbons (Fsp3) is 0.200. The van der Waals surface area contributed by atoms with Gasteiger partial charge in [0.05, 0.1) is 0 Å². The summed E-state index contributed by atoms with van der Waals surface area (Å²) in [5, 5.41) is 0. The van der Waals surface area contributed by atoms with E-state index in [1.54, 1.807) is 0 Å². The van der Waals surface area contributed by atoms with E-state index in [1.807, 2.05) is 31.2 Å². The molecular formula is C10H9O. The maximum Gasteiger partial charge on any atom is 0.170 e.